The van der Waals surface area contributed by atoms with Crippen molar-refractivity contribution >= 4 is 101 Å². The highest BCUT2D eigenvalue weighted by atomic mass is 79.9. The lowest BCUT2D eigenvalue weighted by Gasteiger charge is -2.21. The number of nitrogens with one attached hydrogen (secondary N) is 2. The standard InChI is InChI=1S/C19H21BrN2O3S.C13H15BrN2O2S.C6H8O2/c20-14-7-6-12(18(25)17-15(23)4-3-5-16(17)24)10-13(14)11-21-19(26)22-8-1-2-9-22;14-11-4-3-9(12(17)18)7-10(11)8-15-13(19)16-5-1-2-6-16;7-5-2-1-3-6(8)4-5/h6-7,10,17H,1-5,8-9,11H2,(H,21,26);3-4,7H,1-2,5-6,8H2,(H,15,19)(H,17,18);1-4H2. The van der Waals surface area contributed by atoms with E-state index in [1.807, 2.05) is 0 Å². The van der Waals surface area contributed by atoms with E-state index in [-0.39, 0.29) is 35.1 Å². The Morgan fingerprint density at radius 1 is 0.660 bits per heavy atom. The highest BCUT2D eigenvalue weighted by Crippen LogP contribution is 2.25. The van der Waals surface area contributed by atoms with Crippen molar-refractivity contribution in [1.29, 1.82) is 0 Å². The molecule has 2 aliphatic heterocycles. The van der Waals surface area contributed by atoms with Gasteiger partial charge in [0.15, 0.2) is 27.6 Å². The zero-order valence-corrected chi connectivity index (χ0v) is 34.2. The Morgan fingerprint density at radius 2 is 1.08 bits per heavy atom. The summed E-state index contributed by atoms with van der Waals surface area (Å²) >= 11 is 17.7. The Morgan fingerprint density at radius 3 is 1.49 bits per heavy atom. The summed E-state index contributed by atoms with van der Waals surface area (Å²) in [6.45, 7) is 4.94. The Bertz CT molecular complexity index is 1710. The van der Waals surface area contributed by atoms with E-state index in [2.05, 4.69) is 52.3 Å². The van der Waals surface area contributed by atoms with Gasteiger partial charge in [-0.15, -0.1) is 0 Å². The van der Waals surface area contributed by atoms with E-state index in [1.165, 1.54) is 12.8 Å². The maximum Gasteiger partial charge on any atom is 0.335 e. The molecule has 4 fully saturated rings. The second-order valence-corrected chi connectivity index (χ2v) is 15.8. The average Bonchev–Trinajstić information content (AvgIpc) is 3.87. The molecule has 2 heterocycles. The van der Waals surface area contributed by atoms with Gasteiger partial charge in [-0.1, -0.05) is 37.9 Å². The van der Waals surface area contributed by atoms with Gasteiger partial charge in [0.2, 0.25) is 0 Å². The number of likely N-dealkylation sites (tertiary alicyclic amines) is 2. The Hall–Kier alpha value is -3.40. The van der Waals surface area contributed by atoms with Gasteiger partial charge in [0, 0.05) is 79.5 Å². The second-order valence-electron chi connectivity index (χ2n) is 13.3. The number of ketones is 5. The molecule has 0 spiro atoms. The molecule has 0 radical (unpaired) electrons. The van der Waals surface area contributed by atoms with Crippen LogP contribution >= 0.6 is 56.3 Å². The lowest BCUT2D eigenvalue weighted by Crippen LogP contribution is -2.37. The van der Waals surface area contributed by atoms with E-state index >= 15 is 0 Å². The summed E-state index contributed by atoms with van der Waals surface area (Å²) in [5.41, 5.74) is 2.44. The van der Waals surface area contributed by atoms with Crippen LogP contribution in [0.1, 0.15) is 102 Å². The van der Waals surface area contributed by atoms with Crippen LogP contribution in [0.4, 0.5) is 0 Å². The number of aromatic carboxylic acids is 1. The van der Waals surface area contributed by atoms with Gasteiger partial charge in [-0.2, -0.15) is 0 Å². The van der Waals surface area contributed by atoms with Crippen molar-refractivity contribution in [2.24, 2.45) is 5.92 Å². The first-order valence-electron chi connectivity index (χ1n) is 17.8. The van der Waals surface area contributed by atoms with Crippen LogP contribution in [0.2, 0.25) is 0 Å². The van der Waals surface area contributed by atoms with Crippen molar-refractivity contribution in [2.75, 3.05) is 26.2 Å². The predicted molar refractivity (Wildman–Crippen MR) is 216 cm³/mol. The van der Waals surface area contributed by atoms with Gasteiger partial charge in [0.1, 0.15) is 17.5 Å². The minimum atomic E-state index is -1.13. The van der Waals surface area contributed by atoms with Crippen LogP contribution in [0.3, 0.4) is 0 Å². The van der Waals surface area contributed by atoms with Gasteiger partial charge in [0.05, 0.1) is 12.0 Å². The number of nitrogens with zero attached hydrogens (tertiary/aromatic N) is 2. The molecule has 0 unspecified atom stereocenters. The molecular weight excluding hydrogens is 848 g/mol. The van der Waals surface area contributed by atoms with E-state index in [4.69, 9.17) is 29.5 Å². The topological polar surface area (TPSA) is 153 Å². The zero-order chi connectivity index (χ0) is 38.5. The third kappa shape index (κ3) is 12.9. The lowest BCUT2D eigenvalue weighted by molar-refractivity contribution is -0.133. The molecule has 53 heavy (non-hydrogen) atoms. The van der Waals surface area contributed by atoms with Crippen molar-refractivity contribution in [2.45, 2.75) is 83.7 Å². The third-order valence-electron chi connectivity index (χ3n) is 9.33. The van der Waals surface area contributed by atoms with Crippen LogP contribution in [0.5, 0.6) is 0 Å². The fourth-order valence-corrected chi connectivity index (χ4v) is 7.64. The number of carboxylic acids is 1. The quantitative estimate of drug-likeness (QED) is 0.161. The van der Waals surface area contributed by atoms with Crippen LogP contribution in [-0.4, -0.2) is 86.2 Å². The van der Waals surface area contributed by atoms with E-state index in [1.54, 1.807) is 36.4 Å². The Kier molecular flexibility index (Phi) is 16.7. The van der Waals surface area contributed by atoms with Crippen LogP contribution in [0, 0.1) is 5.92 Å². The van der Waals surface area contributed by atoms with Gasteiger partial charge in [0.25, 0.3) is 0 Å². The number of carbonyl (C=O) groups excluding carboxylic acids is 5. The van der Waals surface area contributed by atoms with Crippen molar-refractivity contribution < 1.29 is 33.9 Å². The van der Waals surface area contributed by atoms with Gasteiger partial charge in [-0.05, 0) is 104 Å². The molecule has 2 aromatic rings. The normalized spacial score (nSPS) is 17.4. The lowest BCUT2D eigenvalue weighted by atomic mass is 9.81. The van der Waals surface area contributed by atoms with E-state index in [0.717, 1.165) is 70.6 Å². The predicted octanol–water partition coefficient (Wildman–Crippen LogP) is 6.36. The Balaban J connectivity index is 0.000000202. The molecule has 0 atom stereocenters. The number of carbonyl (C=O) groups is 6. The van der Waals surface area contributed by atoms with Crippen molar-refractivity contribution in [3.63, 3.8) is 0 Å². The van der Waals surface area contributed by atoms with Crippen molar-refractivity contribution in [1.82, 2.24) is 20.4 Å². The molecule has 0 bridgehead atoms. The minimum Gasteiger partial charge on any atom is -0.478 e. The number of hydrogen-bond donors (Lipinski definition) is 3. The minimum absolute atomic E-state index is 0.112. The summed E-state index contributed by atoms with van der Waals surface area (Å²) in [6.07, 6.45) is 8.02. The number of rotatable bonds is 7. The number of Topliss-reactive ketones (excluding diaryl/α,β-unsaturated/α-hetero) is 5. The summed E-state index contributed by atoms with van der Waals surface area (Å²) in [5, 5.41) is 16.8. The molecule has 4 aliphatic rings. The average molecular weight is 893 g/mol. The summed E-state index contributed by atoms with van der Waals surface area (Å²) in [5.74, 6) is -2.74. The molecule has 0 aromatic heterocycles. The van der Waals surface area contributed by atoms with E-state index < -0.39 is 17.7 Å². The summed E-state index contributed by atoms with van der Waals surface area (Å²) in [6, 6.07) is 10.2. The number of hydrogen-bond acceptors (Lipinski definition) is 8. The molecular formula is C38H44Br2N4O7S2. The van der Waals surface area contributed by atoms with Gasteiger partial charge >= 0.3 is 5.97 Å². The highest BCUT2D eigenvalue weighted by molar-refractivity contribution is 9.10. The maximum atomic E-state index is 12.7. The van der Waals surface area contributed by atoms with Gasteiger partial charge in [-0.25, -0.2) is 4.79 Å². The molecule has 6 rings (SSSR count). The molecule has 284 valence electrons. The number of halogens is 2. The summed E-state index contributed by atoms with van der Waals surface area (Å²) < 4.78 is 1.74. The van der Waals surface area contributed by atoms with Crippen LogP contribution < -0.4 is 10.6 Å². The first kappa shape index (κ1) is 42.3. The van der Waals surface area contributed by atoms with Crippen molar-refractivity contribution in [3.05, 3.63) is 67.6 Å². The molecule has 2 saturated carbocycles. The molecule has 3 N–H and O–H groups in total. The largest absolute Gasteiger partial charge is 0.478 e. The Labute approximate surface area is 337 Å². The van der Waals surface area contributed by atoms with Gasteiger partial charge < -0.3 is 25.5 Å². The van der Waals surface area contributed by atoms with Crippen LogP contribution in [-0.2, 0) is 32.3 Å². The number of thiocarbonyl (C=S) groups is 2. The summed E-state index contributed by atoms with van der Waals surface area (Å²) in [4.78, 5) is 72.9. The molecule has 0 amide bonds. The van der Waals surface area contributed by atoms with Crippen LogP contribution in [0.25, 0.3) is 0 Å². The monoisotopic (exact) mass is 890 g/mol. The van der Waals surface area contributed by atoms with Crippen molar-refractivity contribution in [3.8, 4) is 0 Å². The molecule has 11 nitrogen and oxygen atoms in total. The fraction of sp³-hybridized carbons (Fsp3) is 0.474. The fourth-order valence-electron chi connectivity index (χ4n) is 6.36. The maximum absolute atomic E-state index is 12.7. The SMILES string of the molecule is O=C(O)c1ccc(Br)c(CNC(=S)N2CCCC2)c1.O=C1CCCC(=O)C1.O=C1CCCC(=O)C1C(=O)c1ccc(Br)c(CNC(=S)N2CCCC2)c1. The highest BCUT2D eigenvalue weighted by Gasteiger charge is 2.36. The summed E-state index contributed by atoms with van der Waals surface area (Å²) in [7, 11) is 0. The smallest absolute Gasteiger partial charge is 0.335 e. The van der Waals surface area contributed by atoms with Gasteiger partial charge in [-0.3, -0.25) is 24.0 Å². The first-order valence-corrected chi connectivity index (χ1v) is 20.2. The molecule has 2 aliphatic carbocycles. The number of benzene rings is 2. The number of carboxylic acid groups (broad SMARTS) is 1. The van der Waals surface area contributed by atoms with E-state index in [0.29, 0.717) is 55.9 Å². The zero-order valence-electron chi connectivity index (χ0n) is 29.4. The third-order valence-corrected chi connectivity index (χ3v) is 11.7. The van der Waals surface area contributed by atoms with E-state index in [9.17, 15) is 28.8 Å². The molecule has 15 heteroatoms. The molecule has 2 aromatic carbocycles. The molecule has 2 saturated heterocycles. The van der Waals surface area contributed by atoms with Crippen LogP contribution in [0.15, 0.2) is 45.3 Å². The second kappa shape index (κ2) is 20.9. The first-order chi connectivity index (χ1) is 25.3.